The van der Waals surface area contributed by atoms with Crippen LogP contribution in [0.25, 0.3) is 22.2 Å². The van der Waals surface area contributed by atoms with Gasteiger partial charge in [-0.2, -0.15) is 5.26 Å². The second kappa shape index (κ2) is 12.0. The van der Waals surface area contributed by atoms with Crippen LogP contribution in [-0.2, 0) is 23.0 Å². The number of ether oxygens (including phenoxy) is 1. The minimum Gasteiger partial charge on any atom is -0.444 e. The highest BCUT2D eigenvalue weighted by Crippen LogP contribution is 2.25. The molecule has 40 heavy (non-hydrogen) atoms. The molecule has 2 heterocycles. The third-order valence-electron chi connectivity index (χ3n) is 7.03. The number of hydrogen-bond donors (Lipinski definition) is 2. The Labute approximate surface area is 233 Å². The summed E-state index contributed by atoms with van der Waals surface area (Å²) in [5.74, 6) is -1.32. The zero-order valence-electron chi connectivity index (χ0n) is 23.3. The minimum atomic E-state index is -0.763. The summed E-state index contributed by atoms with van der Waals surface area (Å²) < 4.78 is 12.1. The molecule has 0 radical (unpaired) electrons. The number of carbonyl (C=O) groups is 2. The molecule has 1 aliphatic heterocycles. The Morgan fingerprint density at radius 3 is 2.52 bits per heavy atom. The van der Waals surface area contributed by atoms with Gasteiger partial charge in [-0.1, -0.05) is 30.3 Å². The fourth-order valence-electron chi connectivity index (χ4n) is 4.79. The van der Waals surface area contributed by atoms with Crippen LogP contribution in [0.4, 0.5) is 4.79 Å². The van der Waals surface area contributed by atoms with Gasteiger partial charge in [-0.05, 0) is 68.9 Å². The maximum Gasteiger partial charge on any atom is 0.419 e. The van der Waals surface area contributed by atoms with Crippen LogP contribution in [0.3, 0.4) is 0 Å². The van der Waals surface area contributed by atoms with Crippen LogP contribution in [-0.4, -0.2) is 57.4 Å². The van der Waals surface area contributed by atoms with E-state index in [1.807, 2.05) is 36.4 Å². The molecule has 0 aliphatic carbocycles. The second-order valence-electron chi connectivity index (χ2n) is 11.3. The summed E-state index contributed by atoms with van der Waals surface area (Å²) in [6.45, 7) is 5.78. The summed E-state index contributed by atoms with van der Waals surface area (Å²) in [6, 6.07) is 14.6. The predicted molar refractivity (Wildman–Crippen MR) is 149 cm³/mol. The second-order valence-corrected chi connectivity index (χ2v) is 11.3. The number of fused-ring (bicyclic) bond motifs is 1. The number of benzene rings is 2. The van der Waals surface area contributed by atoms with Crippen LogP contribution in [0.15, 0.2) is 51.7 Å². The average molecular weight is 549 g/mol. The third-order valence-corrected chi connectivity index (χ3v) is 7.03. The number of aliphatic hydroxyl groups is 1. The first kappa shape index (κ1) is 28.9. The van der Waals surface area contributed by atoms with Crippen molar-refractivity contribution in [3.05, 3.63) is 58.6 Å². The van der Waals surface area contributed by atoms with E-state index in [4.69, 9.17) is 9.15 Å². The summed E-state index contributed by atoms with van der Waals surface area (Å²) in [6.07, 6.45) is 0.417. The van der Waals surface area contributed by atoms with Crippen molar-refractivity contribution in [1.82, 2.24) is 14.8 Å². The van der Waals surface area contributed by atoms with E-state index in [1.54, 1.807) is 33.9 Å². The number of aliphatic hydroxyl groups excluding tert-OH is 1. The van der Waals surface area contributed by atoms with Gasteiger partial charge >= 0.3 is 11.8 Å². The molecule has 1 aliphatic rings. The maximum absolute atomic E-state index is 13.2. The zero-order chi connectivity index (χ0) is 29.0. The number of aryl methyl sites for hydroxylation is 1. The molecule has 212 valence electrons. The molecule has 1 saturated heterocycles. The van der Waals surface area contributed by atoms with E-state index in [-0.39, 0.29) is 19.0 Å². The lowest BCUT2D eigenvalue weighted by Gasteiger charge is -2.33. The Morgan fingerprint density at radius 1 is 1.15 bits per heavy atom. The lowest BCUT2D eigenvalue weighted by molar-refractivity contribution is -0.126. The number of nitrogens with zero attached hydrogens (tertiary/aromatic N) is 3. The van der Waals surface area contributed by atoms with Gasteiger partial charge in [-0.25, -0.2) is 9.59 Å². The van der Waals surface area contributed by atoms with Gasteiger partial charge in [0.1, 0.15) is 11.6 Å². The number of oxazole rings is 1. The molecule has 1 aromatic heterocycles. The van der Waals surface area contributed by atoms with Crippen molar-refractivity contribution in [2.45, 2.75) is 64.2 Å². The number of nitriles is 1. The standard InChI is InChI=1S/C30H36N4O6/c1-30(2,3)40-29(38)34-14-13-24(35)11-9-22(18-34)27(36)32-23(17-31)15-19-5-7-20(8-6-19)21-10-12-26-25(16-21)33(4)28(37)39-26/h5-8,10,12,16,22-24,35H,9,11,13-15,18H2,1-4H3,(H,32,36)/t22?,23-,24?/m0/s1. The number of amides is 2. The SMILES string of the molecule is Cn1c(=O)oc2ccc(-c3ccc(C[C@@H](C#N)NC(=O)C4CCC(O)CCN(C(=O)OC(C)(C)C)C4)cc3)cc21. The van der Waals surface area contributed by atoms with Crippen molar-refractivity contribution < 1.29 is 23.8 Å². The summed E-state index contributed by atoms with van der Waals surface area (Å²) in [5.41, 5.74) is 3.27. The van der Waals surface area contributed by atoms with Crippen LogP contribution < -0.4 is 11.1 Å². The smallest absolute Gasteiger partial charge is 0.419 e. The van der Waals surface area contributed by atoms with Gasteiger partial charge in [-0.3, -0.25) is 9.36 Å². The van der Waals surface area contributed by atoms with Crippen molar-refractivity contribution in [2.24, 2.45) is 13.0 Å². The Balaban J connectivity index is 1.41. The molecule has 10 heteroatoms. The van der Waals surface area contributed by atoms with Gasteiger partial charge < -0.3 is 24.5 Å². The Kier molecular flexibility index (Phi) is 8.64. The molecule has 10 nitrogen and oxygen atoms in total. The number of nitrogens with one attached hydrogen (secondary N) is 1. The van der Waals surface area contributed by atoms with E-state index in [2.05, 4.69) is 11.4 Å². The highest BCUT2D eigenvalue weighted by atomic mass is 16.6. The molecule has 3 aromatic rings. The van der Waals surface area contributed by atoms with E-state index in [0.29, 0.717) is 36.8 Å². The first-order chi connectivity index (χ1) is 18.9. The van der Waals surface area contributed by atoms with Gasteiger partial charge in [0.25, 0.3) is 0 Å². The van der Waals surface area contributed by atoms with E-state index < -0.39 is 35.5 Å². The average Bonchev–Trinajstić information content (AvgIpc) is 3.18. The normalized spacial score (nSPS) is 18.9. The zero-order valence-corrected chi connectivity index (χ0v) is 23.3. The van der Waals surface area contributed by atoms with Crippen LogP contribution in [0, 0.1) is 17.2 Å². The lowest BCUT2D eigenvalue weighted by atomic mass is 9.95. The summed E-state index contributed by atoms with van der Waals surface area (Å²) >= 11 is 0. The van der Waals surface area contributed by atoms with Crippen molar-refractivity contribution in [3.8, 4) is 17.2 Å². The van der Waals surface area contributed by atoms with E-state index in [1.165, 1.54) is 9.47 Å². The number of carbonyl (C=O) groups excluding carboxylic acids is 2. The molecule has 2 unspecified atom stereocenters. The molecule has 2 amide bonds. The largest absolute Gasteiger partial charge is 0.444 e. The van der Waals surface area contributed by atoms with Gasteiger partial charge in [0, 0.05) is 26.6 Å². The first-order valence-corrected chi connectivity index (χ1v) is 13.5. The van der Waals surface area contributed by atoms with Crippen molar-refractivity contribution in [2.75, 3.05) is 13.1 Å². The van der Waals surface area contributed by atoms with E-state index in [0.717, 1.165) is 16.7 Å². The van der Waals surface area contributed by atoms with E-state index in [9.17, 15) is 24.8 Å². The third kappa shape index (κ3) is 7.10. The summed E-state index contributed by atoms with van der Waals surface area (Å²) in [4.78, 5) is 39.2. The molecular formula is C30H36N4O6. The first-order valence-electron chi connectivity index (χ1n) is 13.5. The molecule has 4 rings (SSSR count). The highest BCUT2D eigenvalue weighted by molar-refractivity contribution is 5.81. The Bertz CT molecular complexity index is 1460. The molecule has 3 atom stereocenters. The molecule has 2 N–H and O–H groups in total. The number of aromatic nitrogens is 1. The summed E-state index contributed by atoms with van der Waals surface area (Å²) in [5, 5.41) is 22.9. The van der Waals surface area contributed by atoms with Crippen molar-refractivity contribution in [1.29, 1.82) is 5.26 Å². The van der Waals surface area contributed by atoms with Crippen LogP contribution >= 0.6 is 0 Å². The quantitative estimate of drug-likeness (QED) is 0.495. The van der Waals surface area contributed by atoms with Crippen LogP contribution in [0.5, 0.6) is 0 Å². The number of hydrogen-bond acceptors (Lipinski definition) is 7. The van der Waals surface area contributed by atoms with Crippen molar-refractivity contribution in [3.63, 3.8) is 0 Å². The van der Waals surface area contributed by atoms with Gasteiger partial charge in [-0.15, -0.1) is 0 Å². The Morgan fingerprint density at radius 2 is 1.85 bits per heavy atom. The molecular weight excluding hydrogens is 512 g/mol. The van der Waals surface area contributed by atoms with E-state index >= 15 is 0 Å². The van der Waals surface area contributed by atoms with Gasteiger partial charge in [0.15, 0.2) is 5.58 Å². The molecule has 0 saturated carbocycles. The topological polar surface area (TPSA) is 138 Å². The number of rotatable bonds is 5. The monoisotopic (exact) mass is 548 g/mol. The lowest BCUT2D eigenvalue weighted by Crippen LogP contribution is -2.47. The van der Waals surface area contributed by atoms with Gasteiger partial charge in [0.05, 0.1) is 23.6 Å². The fourth-order valence-corrected chi connectivity index (χ4v) is 4.79. The molecule has 1 fully saturated rings. The minimum absolute atomic E-state index is 0.160. The molecule has 0 spiro atoms. The highest BCUT2D eigenvalue weighted by Gasteiger charge is 2.31. The van der Waals surface area contributed by atoms with Crippen LogP contribution in [0.1, 0.15) is 45.6 Å². The molecule has 0 bridgehead atoms. The number of likely N-dealkylation sites (tertiary alicyclic amines) is 1. The fraction of sp³-hybridized carbons (Fsp3) is 0.467. The maximum atomic E-state index is 13.2. The van der Waals surface area contributed by atoms with Crippen molar-refractivity contribution >= 4 is 23.1 Å². The molecule has 2 aromatic carbocycles. The van der Waals surface area contributed by atoms with Crippen LogP contribution in [0.2, 0.25) is 0 Å². The Hall–Kier alpha value is -4.10. The summed E-state index contributed by atoms with van der Waals surface area (Å²) in [7, 11) is 1.66. The predicted octanol–water partition coefficient (Wildman–Crippen LogP) is 3.75. The van der Waals surface area contributed by atoms with Gasteiger partial charge in [0.2, 0.25) is 5.91 Å².